The number of anilines is 1. The molecule has 0 saturated carbocycles. The molecule has 0 atom stereocenters. The number of carbonyl (C=O) groups excluding carboxylic acids is 1. The number of nitrogens with one attached hydrogen (secondary N) is 1. The van der Waals surface area contributed by atoms with Crippen molar-refractivity contribution in [3.63, 3.8) is 0 Å². The van der Waals surface area contributed by atoms with E-state index in [9.17, 15) is 10.1 Å². The summed E-state index contributed by atoms with van der Waals surface area (Å²) in [5.74, 6) is 0.629. The summed E-state index contributed by atoms with van der Waals surface area (Å²) >= 11 is 8.77. The van der Waals surface area contributed by atoms with Crippen molar-refractivity contribution in [1.82, 2.24) is 4.98 Å². The number of halogens is 1. The van der Waals surface area contributed by atoms with Crippen LogP contribution in [-0.2, 0) is 10.5 Å². The van der Waals surface area contributed by atoms with Gasteiger partial charge in [0.1, 0.15) is 17.4 Å². The molecule has 4 rings (SSSR count). The fraction of sp³-hybridized carbons (Fsp3) is 0.0455. The Morgan fingerprint density at radius 2 is 2.00 bits per heavy atom. The molecule has 0 aliphatic heterocycles. The Labute approximate surface area is 186 Å². The van der Waals surface area contributed by atoms with Gasteiger partial charge in [-0.2, -0.15) is 5.26 Å². The summed E-state index contributed by atoms with van der Waals surface area (Å²) in [5, 5.41) is 13.9. The average Bonchev–Trinajstić information content (AvgIpc) is 3.37. The topological polar surface area (TPSA) is 78.9 Å². The van der Waals surface area contributed by atoms with E-state index < -0.39 is 5.91 Å². The zero-order chi connectivity index (χ0) is 20.9. The maximum absolute atomic E-state index is 12.5. The zero-order valence-electron chi connectivity index (χ0n) is 15.5. The first-order valence-electron chi connectivity index (χ1n) is 8.86. The van der Waals surface area contributed by atoms with Gasteiger partial charge in [-0.15, -0.1) is 0 Å². The predicted molar refractivity (Wildman–Crippen MR) is 122 cm³/mol. The van der Waals surface area contributed by atoms with Gasteiger partial charge in [-0.05, 0) is 42.0 Å². The molecule has 8 heteroatoms. The van der Waals surface area contributed by atoms with Gasteiger partial charge in [-0.25, -0.2) is 4.98 Å². The maximum atomic E-state index is 12.5. The van der Waals surface area contributed by atoms with Crippen LogP contribution in [0.1, 0.15) is 11.3 Å². The first-order chi connectivity index (χ1) is 14.6. The van der Waals surface area contributed by atoms with Crippen LogP contribution in [0.5, 0.6) is 0 Å². The SMILES string of the molecule is N#C/C(=C\c1ccc(SCc2ccc(Cl)cc2)o1)C(=O)Nc1nc2ccccc2s1. The van der Waals surface area contributed by atoms with E-state index in [1.807, 2.05) is 60.7 Å². The number of rotatable bonds is 6. The van der Waals surface area contributed by atoms with Crippen LogP contribution in [0.2, 0.25) is 5.02 Å². The first-order valence-corrected chi connectivity index (χ1v) is 11.0. The Balaban J connectivity index is 1.42. The molecule has 2 aromatic carbocycles. The highest BCUT2D eigenvalue weighted by Crippen LogP contribution is 2.28. The van der Waals surface area contributed by atoms with Gasteiger partial charge in [0, 0.05) is 16.9 Å². The Kier molecular flexibility index (Phi) is 6.19. The molecule has 1 N–H and O–H groups in total. The van der Waals surface area contributed by atoms with Gasteiger partial charge in [0.15, 0.2) is 10.2 Å². The first kappa shape index (κ1) is 20.2. The number of furan rings is 1. The number of fused-ring (bicyclic) bond motifs is 1. The highest BCUT2D eigenvalue weighted by molar-refractivity contribution is 7.98. The lowest BCUT2D eigenvalue weighted by atomic mass is 10.2. The van der Waals surface area contributed by atoms with Crippen LogP contribution in [0.15, 0.2) is 75.7 Å². The molecular weight excluding hydrogens is 438 g/mol. The maximum Gasteiger partial charge on any atom is 0.268 e. The molecule has 0 aliphatic carbocycles. The largest absolute Gasteiger partial charge is 0.450 e. The number of benzene rings is 2. The van der Waals surface area contributed by atoms with E-state index in [1.165, 1.54) is 29.2 Å². The minimum atomic E-state index is -0.525. The number of thiazole rings is 1. The van der Waals surface area contributed by atoms with Crippen LogP contribution < -0.4 is 5.32 Å². The fourth-order valence-corrected chi connectivity index (χ4v) is 4.41. The molecule has 0 radical (unpaired) electrons. The molecule has 0 aliphatic rings. The summed E-state index contributed by atoms with van der Waals surface area (Å²) < 4.78 is 6.69. The number of amides is 1. The third kappa shape index (κ3) is 4.92. The van der Waals surface area contributed by atoms with Crippen molar-refractivity contribution in [1.29, 1.82) is 5.26 Å². The fourth-order valence-electron chi connectivity index (χ4n) is 2.61. The third-order valence-corrected chi connectivity index (χ3v) is 6.25. The molecule has 0 bridgehead atoms. The normalized spacial score (nSPS) is 11.4. The molecule has 0 spiro atoms. The van der Waals surface area contributed by atoms with Crippen LogP contribution in [0.4, 0.5) is 5.13 Å². The number of aromatic nitrogens is 1. The summed E-state index contributed by atoms with van der Waals surface area (Å²) in [6.07, 6.45) is 1.43. The Morgan fingerprint density at radius 3 is 2.77 bits per heavy atom. The molecule has 148 valence electrons. The van der Waals surface area contributed by atoms with E-state index in [4.69, 9.17) is 16.0 Å². The van der Waals surface area contributed by atoms with Crippen molar-refractivity contribution >= 4 is 62.0 Å². The van der Waals surface area contributed by atoms with Crippen LogP contribution in [-0.4, -0.2) is 10.9 Å². The summed E-state index contributed by atoms with van der Waals surface area (Å²) in [7, 11) is 0. The molecule has 2 heterocycles. The van der Waals surface area contributed by atoms with E-state index in [-0.39, 0.29) is 5.57 Å². The lowest BCUT2D eigenvalue weighted by Crippen LogP contribution is -2.13. The van der Waals surface area contributed by atoms with Crippen molar-refractivity contribution in [2.45, 2.75) is 10.8 Å². The van der Waals surface area contributed by atoms with Gasteiger partial charge >= 0.3 is 0 Å². The Morgan fingerprint density at radius 1 is 1.20 bits per heavy atom. The number of para-hydroxylation sites is 1. The summed E-state index contributed by atoms with van der Waals surface area (Å²) in [6.45, 7) is 0. The lowest BCUT2D eigenvalue weighted by molar-refractivity contribution is -0.112. The monoisotopic (exact) mass is 451 g/mol. The zero-order valence-corrected chi connectivity index (χ0v) is 17.9. The highest BCUT2D eigenvalue weighted by Gasteiger charge is 2.13. The Hall–Kier alpha value is -3.05. The molecule has 0 fully saturated rings. The molecule has 5 nitrogen and oxygen atoms in total. The van der Waals surface area contributed by atoms with Crippen LogP contribution in [0.3, 0.4) is 0 Å². The number of nitriles is 1. The Bertz CT molecular complexity index is 1240. The minimum Gasteiger partial charge on any atom is -0.450 e. The van der Waals surface area contributed by atoms with Gasteiger partial charge in [-0.3, -0.25) is 10.1 Å². The quantitative estimate of drug-likeness (QED) is 0.209. The standard InChI is InChI=1S/C22H14ClN3O2S2/c23-16-7-5-14(6-8-16)13-29-20-10-9-17(28-20)11-15(12-24)21(27)26-22-25-18-3-1-2-4-19(18)30-22/h1-11H,13H2,(H,25,26,27)/b15-11+. The van der Waals surface area contributed by atoms with Crippen LogP contribution >= 0.6 is 34.7 Å². The molecule has 4 aromatic rings. The highest BCUT2D eigenvalue weighted by atomic mass is 35.5. The van der Waals surface area contributed by atoms with E-state index >= 15 is 0 Å². The summed E-state index contributed by atoms with van der Waals surface area (Å²) in [6, 6.07) is 20.7. The van der Waals surface area contributed by atoms with Gasteiger partial charge in [-0.1, -0.05) is 59.0 Å². The van der Waals surface area contributed by atoms with E-state index in [0.717, 1.165) is 21.5 Å². The molecule has 0 unspecified atom stereocenters. The second kappa shape index (κ2) is 9.18. The van der Waals surface area contributed by atoms with Gasteiger partial charge in [0.05, 0.1) is 10.2 Å². The second-order valence-corrected chi connectivity index (χ2v) is 8.63. The number of nitrogens with zero attached hydrogens (tertiary/aromatic N) is 2. The van der Waals surface area contributed by atoms with E-state index in [2.05, 4.69) is 10.3 Å². The smallest absolute Gasteiger partial charge is 0.268 e. The number of hydrogen-bond donors (Lipinski definition) is 1. The summed E-state index contributed by atoms with van der Waals surface area (Å²) in [5.41, 5.74) is 1.86. The minimum absolute atomic E-state index is 0.0575. The third-order valence-electron chi connectivity index (χ3n) is 4.06. The molecule has 1 amide bonds. The van der Waals surface area contributed by atoms with Gasteiger partial charge in [0.25, 0.3) is 5.91 Å². The molecule has 0 saturated heterocycles. The van der Waals surface area contributed by atoms with E-state index in [0.29, 0.717) is 21.0 Å². The molecular formula is C22H14ClN3O2S2. The van der Waals surface area contributed by atoms with Crippen LogP contribution in [0.25, 0.3) is 16.3 Å². The van der Waals surface area contributed by atoms with Crippen molar-refractivity contribution in [2.24, 2.45) is 0 Å². The number of carbonyl (C=O) groups is 1. The van der Waals surface area contributed by atoms with Crippen molar-refractivity contribution in [2.75, 3.05) is 5.32 Å². The predicted octanol–water partition coefficient (Wildman–Crippen LogP) is 6.38. The van der Waals surface area contributed by atoms with Gasteiger partial charge in [0.2, 0.25) is 0 Å². The number of thioether (sulfide) groups is 1. The van der Waals surface area contributed by atoms with E-state index in [1.54, 1.807) is 6.07 Å². The lowest BCUT2D eigenvalue weighted by Gasteiger charge is -2.00. The summed E-state index contributed by atoms with van der Waals surface area (Å²) in [4.78, 5) is 16.8. The average molecular weight is 452 g/mol. The van der Waals surface area contributed by atoms with Crippen LogP contribution in [0, 0.1) is 11.3 Å². The van der Waals surface area contributed by atoms with Crippen molar-refractivity contribution in [3.8, 4) is 6.07 Å². The number of hydrogen-bond acceptors (Lipinski definition) is 6. The molecule has 2 aromatic heterocycles. The van der Waals surface area contributed by atoms with Crippen molar-refractivity contribution < 1.29 is 9.21 Å². The van der Waals surface area contributed by atoms with Gasteiger partial charge < -0.3 is 4.42 Å². The van der Waals surface area contributed by atoms with Crippen molar-refractivity contribution in [3.05, 3.63) is 82.6 Å². The second-order valence-electron chi connectivity index (χ2n) is 6.18. The molecule has 30 heavy (non-hydrogen) atoms.